The van der Waals surface area contributed by atoms with Gasteiger partial charge in [-0.05, 0) is 49.7 Å². The minimum absolute atomic E-state index is 0.00941. The van der Waals surface area contributed by atoms with Gasteiger partial charge in [0, 0.05) is 5.69 Å². The molecule has 35 heavy (non-hydrogen) atoms. The molecule has 0 spiro atoms. The van der Waals surface area contributed by atoms with E-state index in [1.807, 2.05) is 6.92 Å². The Hall–Kier alpha value is -4.24. The number of carbonyl (C=O) groups excluding carboxylic acids is 2. The molecule has 10 heteroatoms. The first kappa shape index (κ1) is 23.9. The fourth-order valence-electron chi connectivity index (χ4n) is 3.74. The molecule has 0 unspecified atom stereocenters. The third kappa shape index (κ3) is 4.58. The van der Waals surface area contributed by atoms with E-state index in [0.29, 0.717) is 22.1 Å². The van der Waals surface area contributed by atoms with Crippen molar-refractivity contribution < 1.29 is 14.3 Å². The van der Waals surface area contributed by atoms with E-state index in [0.717, 1.165) is 10.1 Å². The summed E-state index contributed by atoms with van der Waals surface area (Å²) >= 11 is 6.20. The van der Waals surface area contributed by atoms with Crippen molar-refractivity contribution in [1.29, 1.82) is 0 Å². The lowest BCUT2D eigenvalue weighted by Crippen LogP contribution is -2.43. The number of amides is 1. The smallest absolute Gasteiger partial charge is 0.338 e. The zero-order chi connectivity index (χ0) is 25.3. The number of para-hydroxylation sites is 1. The number of benzene rings is 2. The molecule has 0 aliphatic carbocycles. The molecule has 178 valence electrons. The van der Waals surface area contributed by atoms with Crippen molar-refractivity contribution in [3.05, 3.63) is 97.3 Å². The topological polar surface area (TPSA) is 112 Å². The average molecular weight is 493 g/mol. The summed E-state index contributed by atoms with van der Waals surface area (Å²) in [5.41, 5.74) is 0.376. The lowest BCUT2D eigenvalue weighted by atomic mass is 10.1. The number of pyridine rings is 1. The van der Waals surface area contributed by atoms with Crippen LogP contribution in [0.4, 0.5) is 5.69 Å². The van der Waals surface area contributed by atoms with E-state index < -0.39 is 29.7 Å². The molecule has 4 aromatic rings. The molecule has 1 N–H and O–H groups in total. The molecule has 9 nitrogen and oxygen atoms in total. The van der Waals surface area contributed by atoms with E-state index in [4.69, 9.17) is 16.3 Å². The Balaban J connectivity index is 1.94. The Kier molecular flexibility index (Phi) is 6.52. The zero-order valence-electron chi connectivity index (χ0n) is 19.2. The maximum atomic E-state index is 13.5. The monoisotopic (exact) mass is 492 g/mol. The Bertz CT molecular complexity index is 1590. The molecule has 2 aromatic heterocycles. The molecule has 0 bridgehead atoms. The van der Waals surface area contributed by atoms with Crippen LogP contribution in [0.2, 0.25) is 5.02 Å². The Morgan fingerprint density at radius 2 is 1.77 bits per heavy atom. The molecule has 0 saturated carbocycles. The molecular weight excluding hydrogens is 472 g/mol. The van der Waals surface area contributed by atoms with Crippen molar-refractivity contribution in [1.82, 2.24) is 14.1 Å². The van der Waals surface area contributed by atoms with Crippen molar-refractivity contribution >= 4 is 40.2 Å². The maximum absolute atomic E-state index is 13.5. The van der Waals surface area contributed by atoms with E-state index in [2.05, 4.69) is 10.3 Å². The zero-order valence-corrected chi connectivity index (χ0v) is 19.9. The summed E-state index contributed by atoms with van der Waals surface area (Å²) in [5, 5.41) is 2.81. The lowest BCUT2D eigenvalue weighted by molar-refractivity contribution is -0.116. The predicted octanol–water partition coefficient (Wildman–Crippen LogP) is 3.24. The molecule has 0 radical (unpaired) electrons. The minimum Gasteiger partial charge on any atom is -0.465 e. The molecular formula is C25H21ClN4O5. The number of halogens is 1. The molecule has 0 aliphatic rings. The lowest BCUT2D eigenvalue weighted by Gasteiger charge is -2.16. The summed E-state index contributed by atoms with van der Waals surface area (Å²) in [4.78, 5) is 56.8. The van der Waals surface area contributed by atoms with Crippen LogP contribution in [0.15, 0.2) is 64.2 Å². The molecule has 0 aliphatic heterocycles. The van der Waals surface area contributed by atoms with Crippen LogP contribution in [-0.2, 0) is 16.1 Å². The first-order valence-electron chi connectivity index (χ1n) is 10.6. The number of anilines is 1. The number of carbonyl (C=O) groups is 2. The van der Waals surface area contributed by atoms with Crippen molar-refractivity contribution in [3.63, 3.8) is 0 Å². The van der Waals surface area contributed by atoms with E-state index in [-0.39, 0.29) is 16.6 Å². The van der Waals surface area contributed by atoms with Gasteiger partial charge in [-0.15, -0.1) is 0 Å². The van der Waals surface area contributed by atoms with Gasteiger partial charge in [0.25, 0.3) is 5.56 Å². The Morgan fingerprint density at radius 1 is 1.06 bits per heavy atom. The molecule has 2 heterocycles. The predicted molar refractivity (Wildman–Crippen MR) is 132 cm³/mol. The van der Waals surface area contributed by atoms with Gasteiger partial charge < -0.3 is 10.1 Å². The summed E-state index contributed by atoms with van der Waals surface area (Å²) < 4.78 is 6.81. The second-order valence-electron chi connectivity index (χ2n) is 7.88. The van der Waals surface area contributed by atoms with Crippen LogP contribution in [-0.4, -0.2) is 33.1 Å². The SMILES string of the molecule is COC(=O)c1cc(C)nc2c1c(=O)n(CC(=O)Nc1ccc(C)cc1Cl)c(=O)n2-c1ccccc1. The number of rotatable bonds is 5. The van der Waals surface area contributed by atoms with Crippen molar-refractivity contribution in [2.24, 2.45) is 0 Å². The average Bonchev–Trinajstić information content (AvgIpc) is 2.83. The van der Waals surface area contributed by atoms with Gasteiger partial charge in [-0.25, -0.2) is 23.7 Å². The van der Waals surface area contributed by atoms with Crippen LogP contribution < -0.4 is 16.6 Å². The van der Waals surface area contributed by atoms with Crippen molar-refractivity contribution in [2.45, 2.75) is 20.4 Å². The molecule has 1 amide bonds. The highest BCUT2D eigenvalue weighted by molar-refractivity contribution is 6.33. The van der Waals surface area contributed by atoms with Gasteiger partial charge in [-0.1, -0.05) is 35.9 Å². The fraction of sp³-hybridized carbons (Fsp3) is 0.160. The number of aryl methyl sites for hydroxylation is 2. The number of nitrogens with one attached hydrogen (secondary N) is 1. The van der Waals surface area contributed by atoms with Gasteiger partial charge >= 0.3 is 11.7 Å². The summed E-state index contributed by atoms with van der Waals surface area (Å²) in [6.07, 6.45) is 0. The van der Waals surface area contributed by atoms with Gasteiger partial charge in [0.2, 0.25) is 5.91 Å². The fourth-order valence-corrected chi connectivity index (χ4v) is 4.02. The summed E-state index contributed by atoms with van der Waals surface area (Å²) in [6.45, 7) is 2.88. The summed E-state index contributed by atoms with van der Waals surface area (Å²) in [6, 6.07) is 15.0. The quantitative estimate of drug-likeness (QED) is 0.428. The highest BCUT2D eigenvalue weighted by atomic mass is 35.5. The normalized spacial score (nSPS) is 10.9. The van der Waals surface area contributed by atoms with Crippen LogP contribution in [0.3, 0.4) is 0 Å². The minimum atomic E-state index is -0.838. The van der Waals surface area contributed by atoms with E-state index in [1.54, 1.807) is 55.5 Å². The van der Waals surface area contributed by atoms with Crippen molar-refractivity contribution in [3.8, 4) is 5.69 Å². The van der Waals surface area contributed by atoms with E-state index in [9.17, 15) is 19.2 Å². The van der Waals surface area contributed by atoms with Gasteiger partial charge in [0.05, 0.1) is 34.5 Å². The first-order chi connectivity index (χ1) is 16.7. The van der Waals surface area contributed by atoms with E-state index >= 15 is 0 Å². The highest BCUT2D eigenvalue weighted by Crippen LogP contribution is 2.23. The summed E-state index contributed by atoms with van der Waals surface area (Å²) in [7, 11) is 1.19. The van der Waals surface area contributed by atoms with Crippen LogP contribution in [0.1, 0.15) is 21.6 Å². The molecule has 0 saturated heterocycles. The van der Waals surface area contributed by atoms with Gasteiger partial charge in [0.15, 0.2) is 5.65 Å². The summed E-state index contributed by atoms with van der Waals surface area (Å²) in [5.74, 6) is -1.41. The third-order valence-electron chi connectivity index (χ3n) is 5.34. The van der Waals surface area contributed by atoms with Crippen LogP contribution in [0.25, 0.3) is 16.7 Å². The molecule has 0 atom stereocenters. The number of fused-ring (bicyclic) bond motifs is 1. The second kappa shape index (κ2) is 9.55. The van der Waals surface area contributed by atoms with Crippen LogP contribution >= 0.6 is 11.6 Å². The number of nitrogens with zero attached hydrogens (tertiary/aromatic N) is 3. The number of ether oxygens (including phenoxy) is 1. The number of hydrogen-bond donors (Lipinski definition) is 1. The third-order valence-corrected chi connectivity index (χ3v) is 5.65. The van der Waals surface area contributed by atoms with E-state index in [1.165, 1.54) is 17.7 Å². The number of methoxy groups -OCH3 is 1. The van der Waals surface area contributed by atoms with Crippen molar-refractivity contribution in [2.75, 3.05) is 12.4 Å². The Labute approximate surface area is 204 Å². The largest absolute Gasteiger partial charge is 0.465 e. The number of aromatic nitrogens is 3. The first-order valence-corrected chi connectivity index (χ1v) is 11.0. The molecule has 4 rings (SSSR count). The molecule has 2 aromatic carbocycles. The second-order valence-corrected chi connectivity index (χ2v) is 8.28. The van der Waals surface area contributed by atoms with Gasteiger partial charge in [-0.3, -0.25) is 9.59 Å². The van der Waals surface area contributed by atoms with Crippen LogP contribution in [0, 0.1) is 13.8 Å². The molecule has 0 fully saturated rings. The highest BCUT2D eigenvalue weighted by Gasteiger charge is 2.23. The maximum Gasteiger partial charge on any atom is 0.338 e. The van der Waals surface area contributed by atoms with Gasteiger partial charge in [-0.2, -0.15) is 0 Å². The number of esters is 1. The standard InChI is InChI=1S/C25H21ClN4O5/c1-14-9-10-19(18(26)11-14)28-20(31)13-29-23(32)21-17(24(33)35-3)12-15(2)27-22(21)30(25(29)34)16-7-5-4-6-8-16/h4-12H,13H2,1-3H3,(H,28,31). The number of hydrogen-bond acceptors (Lipinski definition) is 6. The van der Waals surface area contributed by atoms with Crippen LogP contribution in [0.5, 0.6) is 0 Å². The van der Waals surface area contributed by atoms with Gasteiger partial charge in [0.1, 0.15) is 6.54 Å². The Morgan fingerprint density at radius 3 is 2.43 bits per heavy atom.